The zero-order valence-electron chi connectivity index (χ0n) is 21.2. The maximum atomic E-state index is 9.52. The van der Waals surface area contributed by atoms with E-state index in [1.54, 1.807) is 0 Å². The van der Waals surface area contributed by atoms with Crippen molar-refractivity contribution in [1.29, 1.82) is 0 Å². The van der Waals surface area contributed by atoms with E-state index in [9.17, 15) is 34.5 Å². The maximum Gasteiger partial charge on any atom is 0.327 e. The summed E-state index contributed by atoms with van der Waals surface area (Å²) in [6, 6.07) is 0. The van der Waals surface area contributed by atoms with E-state index in [4.69, 9.17) is 40.5 Å². The summed E-state index contributed by atoms with van der Waals surface area (Å²) in [4.78, 5) is 37.0. The molecule has 0 fully saturated rings. The molecule has 1 unspecified atom stereocenters. The Morgan fingerprint density at radius 2 is 0.868 bits per heavy atom. The molecule has 0 aliphatic carbocycles. The number of hydrogen-bond donors (Lipinski definition) is 10. The summed E-state index contributed by atoms with van der Waals surface area (Å²) >= 11 is 0. The molecule has 0 amide bonds. The second-order valence-electron chi connectivity index (χ2n) is 6.99. The first-order chi connectivity index (χ1) is 17.5. The van der Waals surface area contributed by atoms with Crippen molar-refractivity contribution in [2.24, 2.45) is 10.8 Å². The average Bonchev–Trinajstić information content (AvgIpc) is 2.90. The van der Waals surface area contributed by atoms with Gasteiger partial charge in [-0.15, -0.1) is 0 Å². The zero-order valence-corrected chi connectivity index (χ0v) is 21.2. The largest absolute Gasteiger partial charge is 0.478 e. The van der Waals surface area contributed by atoms with Crippen LogP contribution in [-0.2, 0) is 23.9 Å². The molecule has 0 spiro atoms. The first-order valence-corrected chi connectivity index (χ1v) is 10.3. The first kappa shape index (κ1) is 44.5. The summed E-state index contributed by atoms with van der Waals surface area (Å²) in [5.74, 6) is -3.93. The highest BCUT2D eigenvalue weighted by Gasteiger charge is 2.36. The van der Waals surface area contributed by atoms with Gasteiger partial charge in [0.1, 0.15) is 0 Å². The van der Waals surface area contributed by atoms with Crippen molar-refractivity contribution in [3.8, 4) is 0 Å². The smallest absolute Gasteiger partial charge is 0.327 e. The van der Waals surface area contributed by atoms with Crippen LogP contribution in [0.1, 0.15) is 6.92 Å². The average molecular weight is 557 g/mol. The monoisotopic (exact) mass is 556 g/mol. The van der Waals surface area contributed by atoms with Gasteiger partial charge in [0.25, 0.3) is 0 Å². The van der Waals surface area contributed by atoms with E-state index in [2.05, 4.69) is 26.3 Å². The molecule has 0 saturated heterocycles. The third-order valence-corrected chi connectivity index (χ3v) is 4.02. The highest BCUT2D eigenvalue weighted by Crippen LogP contribution is 2.23. The topological polar surface area (TPSA) is 280 Å². The molecule has 0 saturated carbocycles. The molecule has 0 radical (unpaired) electrons. The molecule has 0 aromatic rings. The highest BCUT2D eigenvalue weighted by atomic mass is 16.5. The number of aliphatic hydroxyl groups excluding tert-OH is 6. The summed E-state index contributed by atoms with van der Waals surface area (Å²) in [5.41, 5.74) is -2.37. The summed E-state index contributed by atoms with van der Waals surface area (Å²) < 4.78 is 5.22. The van der Waals surface area contributed by atoms with Crippen LogP contribution >= 0.6 is 0 Å². The Morgan fingerprint density at radius 1 is 0.632 bits per heavy atom. The van der Waals surface area contributed by atoms with Gasteiger partial charge in [0, 0.05) is 24.3 Å². The number of carboxylic acid groups (broad SMARTS) is 4. The minimum atomic E-state index is -1.20. The van der Waals surface area contributed by atoms with Crippen molar-refractivity contribution in [1.82, 2.24) is 0 Å². The Morgan fingerprint density at radius 3 is 1.00 bits per heavy atom. The summed E-state index contributed by atoms with van der Waals surface area (Å²) in [7, 11) is 0. The van der Waals surface area contributed by atoms with Gasteiger partial charge in [-0.2, -0.15) is 0 Å². The van der Waals surface area contributed by atoms with Crippen molar-refractivity contribution >= 4 is 23.9 Å². The van der Waals surface area contributed by atoms with Crippen molar-refractivity contribution in [2.75, 3.05) is 46.2 Å². The van der Waals surface area contributed by atoms with Crippen molar-refractivity contribution in [3.63, 3.8) is 0 Å². The van der Waals surface area contributed by atoms with Gasteiger partial charge in [-0.05, 0) is 6.92 Å². The molecule has 0 aromatic heterocycles. The fraction of sp³-hybridized carbons (Fsp3) is 0.478. The minimum Gasteiger partial charge on any atom is -0.478 e. The van der Waals surface area contributed by atoms with Gasteiger partial charge in [0.05, 0.1) is 63.2 Å². The van der Waals surface area contributed by atoms with E-state index in [1.807, 2.05) is 0 Å². The Hall–Kier alpha value is -3.44. The number of carboxylic acids is 4. The number of ether oxygens (including phenoxy) is 1. The van der Waals surface area contributed by atoms with Gasteiger partial charge in [-0.3, -0.25) is 0 Å². The summed E-state index contributed by atoms with van der Waals surface area (Å²) in [6.07, 6.45) is 2.35. The Bertz CT molecular complexity index is 613. The van der Waals surface area contributed by atoms with Crippen molar-refractivity contribution in [2.45, 2.75) is 13.0 Å². The molecule has 15 nitrogen and oxygen atoms in total. The molecule has 38 heavy (non-hydrogen) atoms. The third kappa shape index (κ3) is 28.8. The molecule has 0 aromatic carbocycles. The van der Waals surface area contributed by atoms with Gasteiger partial charge < -0.3 is 55.8 Å². The first-order valence-electron chi connectivity index (χ1n) is 10.3. The third-order valence-electron chi connectivity index (χ3n) is 4.02. The zero-order chi connectivity index (χ0) is 31.4. The molecule has 10 N–H and O–H groups in total. The van der Waals surface area contributed by atoms with Crippen LogP contribution < -0.4 is 0 Å². The quantitative estimate of drug-likeness (QED) is 0.107. The molecular weight excluding hydrogens is 516 g/mol. The fourth-order valence-corrected chi connectivity index (χ4v) is 1.28. The molecule has 1 atom stereocenters. The molecule has 0 heterocycles. The fourth-order valence-electron chi connectivity index (χ4n) is 1.28. The van der Waals surface area contributed by atoms with Crippen LogP contribution in [0.4, 0.5) is 0 Å². The van der Waals surface area contributed by atoms with Crippen molar-refractivity contribution < 1.29 is 75.0 Å². The van der Waals surface area contributed by atoms with Crippen LogP contribution in [-0.4, -0.2) is 127 Å². The molecular formula is C23H40O15. The molecule has 0 aliphatic heterocycles. The molecule has 0 aliphatic rings. The maximum absolute atomic E-state index is 9.52. The Balaban J connectivity index is -0.000000147. The lowest BCUT2D eigenvalue weighted by atomic mass is 9.85. The Labute approximate surface area is 220 Å². The van der Waals surface area contributed by atoms with E-state index in [-0.39, 0.29) is 13.2 Å². The van der Waals surface area contributed by atoms with Gasteiger partial charge in [-0.1, -0.05) is 26.3 Å². The number of aliphatic hydroxyl groups is 6. The summed E-state index contributed by atoms with van der Waals surface area (Å²) in [6.45, 7) is 10.7. The second kappa shape index (κ2) is 28.1. The van der Waals surface area contributed by atoms with E-state index < -0.39 is 73.8 Å². The van der Waals surface area contributed by atoms with Crippen LogP contribution in [0.3, 0.4) is 0 Å². The molecule has 15 heteroatoms. The van der Waals surface area contributed by atoms with Crippen LogP contribution in [0.15, 0.2) is 50.6 Å². The van der Waals surface area contributed by atoms with Crippen LogP contribution in [0.5, 0.6) is 0 Å². The minimum absolute atomic E-state index is 0.148. The van der Waals surface area contributed by atoms with Gasteiger partial charge in [-0.25, -0.2) is 19.2 Å². The number of hydrogen-bond acceptors (Lipinski definition) is 11. The van der Waals surface area contributed by atoms with E-state index in [1.165, 1.54) is 6.92 Å². The van der Waals surface area contributed by atoms with Gasteiger partial charge >= 0.3 is 23.9 Å². The predicted molar refractivity (Wildman–Crippen MR) is 134 cm³/mol. The molecule has 222 valence electrons. The standard InChI is InChI=1S/C11H24O7.4C3H4O2/c1-9(17)11(5-15,6-16)8-18-7-10(2-12,3-13)4-14;4*1-2-3(4)5/h9,12-17H,2-8H2,1H3;4*2H,1H2,(H,4,5). The number of carbonyl (C=O) groups is 4. The van der Waals surface area contributed by atoms with E-state index >= 15 is 0 Å². The Kier molecular flexibility index (Phi) is 33.0. The lowest BCUT2D eigenvalue weighted by molar-refractivity contribution is -0.132. The number of rotatable bonds is 14. The van der Waals surface area contributed by atoms with Gasteiger partial charge in [0.2, 0.25) is 0 Å². The van der Waals surface area contributed by atoms with Crippen LogP contribution in [0, 0.1) is 10.8 Å². The lowest BCUT2D eigenvalue weighted by Crippen LogP contribution is -2.46. The molecule has 0 bridgehead atoms. The van der Waals surface area contributed by atoms with Crippen molar-refractivity contribution in [3.05, 3.63) is 50.6 Å². The number of aliphatic carboxylic acids is 4. The van der Waals surface area contributed by atoms with Crippen LogP contribution in [0.2, 0.25) is 0 Å². The van der Waals surface area contributed by atoms with E-state index in [0.717, 1.165) is 24.3 Å². The molecule has 0 rings (SSSR count). The SMILES string of the molecule is C=CC(=O)O.C=CC(=O)O.C=CC(=O)O.C=CC(=O)O.CC(O)C(CO)(CO)COCC(CO)(CO)CO. The summed E-state index contributed by atoms with van der Waals surface area (Å²) in [5, 5.41) is 85.6. The van der Waals surface area contributed by atoms with E-state index in [0.29, 0.717) is 0 Å². The lowest BCUT2D eigenvalue weighted by Gasteiger charge is -2.34. The van der Waals surface area contributed by atoms with Gasteiger partial charge in [0.15, 0.2) is 0 Å². The predicted octanol–water partition coefficient (Wildman–Crippen LogP) is -1.65. The van der Waals surface area contributed by atoms with Crippen LogP contribution in [0.25, 0.3) is 0 Å². The highest BCUT2D eigenvalue weighted by molar-refractivity contribution is 5.79. The second-order valence-corrected chi connectivity index (χ2v) is 6.99. The normalized spacial score (nSPS) is 10.4.